The van der Waals surface area contributed by atoms with Gasteiger partial charge in [0.05, 0.1) is 0 Å². The van der Waals surface area contributed by atoms with Crippen molar-refractivity contribution in [2.45, 2.75) is 37.6 Å². The van der Waals surface area contributed by atoms with E-state index in [4.69, 9.17) is 13.9 Å². The van der Waals surface area contributed by atoms with E-state index in [0.29, 0.717) is 5.56 Å². The van der Waals surface area contributed by atoms with E-state index >= 15 is 0 Å². The predicted molar refractivity (Wildman–Crippen MR) is 113 cm³/mol. The highest BCUT2D eigenvalue weighted by Gasteiger charge is 2.48. The van der Waals surface area contributed by atoms with E-state index in [1.165, 1.54) is 18.2 Å². The number of phenolic OH excluding ortho intramolecular Hbond substituents is 3. The zero-order valence-corrected chi connectivity index (χ0v) is 17.4. The summed E-state index contributed by atoms with van der Waals surface area (Å²) in [6.07, 6.45) is -9.86. The molecule has 0 aliphatic carbocycles. The zero-order chi connectivity index (χ0) is 24.9. The minimum absolute atomic E-state index is 0.0583. The van der Waals surface area contributed by atoms with Crippen molar-refractivity contribution < 1.29 is 54.4 Å². The number of hydrogen-bond donors (Lipinski definition) is 7. The molecule has 1 aliphatic heterocycles. The Morgan fingerprint density at radius 1 is 0.971 bits per heavy atom. The quantitative estimate of drug-likeness (QED) is 0.269. The van der Waals surface area contributed by atoms with Gasteiger partial charge in [-0.15, -0.1) is 0 Å². The maximum absolute atomic E-state index is 13.3. The molecule has 0 radical (unpaired) electrons. The molecule has 0 saturated carbocycles. The Bertz CT molecular complexity index is 1330. The molecule has 1 saturated heterocycles. The van der Waals surface area contributed by atoms with Crippen LogP contribution >= 0.6 is 0 Å². The monoisotopic (exact) mass is 476 g/mol. The van der Waals surface area contributed by atoms with Crippen LogP contribution in [0.3, 0.4) is 0 Å². The fraction of sp³-hybridized carbons (Fsp3) is 0.273. The molecule has 2 aromatic carbocycles. The highest BCUT2D eigenvalue weighted by Crippen LogP contribution is 2.38. The number of benzene rings is 2. The number of phenols is 3. The van der Waals surface area contributed by atoms with E-state index in [1.54, 1.807) is 6.92 Å². The number of carboxylic acids is 1. The van der Waals surface area contributed by atoms with E-state index < -0.39 is 64.7 Å². The Balaban J connectivity index is 1.91. The van der Waals surface area contributed by atoms with Gasteiger partial charge in [0.1, 0.15) is 46.5 Å². The summed E-state index contributed by atoms with van der Waals surface area (Å²) >= 11 is 0. The van der Waals surface area contributed by atoms with Gasteiger partial charge in [-0.1, -0.05) is 0 Å². The van der Waals surface area contributed by atoms with Gasteiger partial charge in [0, 0.05) is 17.7 Å². The number of aromatic hydroxyl groups is 3. The molecule has 0 amide bonds. The maximum atomic E-state index is 13.3. The highest BCUT2D eigenvalue weighted by atomic mass is 16.7. The van der Waals surface area contributed by atoms with E-state index in [1.807, 2.05) is 0 Å². The van der Waals surface area contributed by atoms with Gasteiger partial charge in [0.15, 0.2) is 11.9 Å². The molecule has 1 fully saturated rings. The van der Waals surface area contributed by atoms with Crippen molar-refractivity contribution in [3.05, 3.63) is 46.1 Å². The van der Waals surface area contributed by atoms with Crippen molar-refractivity contribution in [1.82, 2.24) is 0 Å². The molecule has 12 heteroatoms. The average molecular weight is 476 g/mol. The molecule has 180 valence electrons. The van der Waals surface area contributed by atoms with E-state index in [9.17, 15) is 45.3 Å². The van der Waals surface area contributed by atoms with Crippen molar-refractivity contribution >= 4 is 16.9 Å². The largest absolute Gasteiger partial charge is 0.508 e. The summed E-state index contributed by atoms with van der Waals surface area (Å²) < 4.78 is 16.3. The first-order valence-electron chi connectivity index (χ1n) is 9.91. The summed E-state index contributed by atoms with van der Waals surface area (Å²) in [4.78, 5) is 24.7. The number of aliphatic hydroxyl groups is 3. The van der Waals surface area contributed by atoms with E-state index in [2.05, 4.69) is 0 Å². The van der Waals surface area contributed by atoms with Crippen LogP contribution in [0.15, 0.2) is 39.5 Å². The Kier molecular flexibility index (Phi) is 5.83. The van der Waals surface area contributed by atoms with Gasteiger partial charge in [-0.25, -0.2) is 4.79 Å². The summed E-state index contributed by atoms with van der Waals surface area (Å²) in [6, 6.07) is 6.08. The lowest BCUT2D eigenvalue weighted by molar-refractivity contribution is -0.271. The van der Waals surface area contributed by atoms with Gasteiger partial charge in [0.2, 0.25) is 17.5 Å². The number of carbonyl (C=O) groups is 1. The second kappa shape index (κ2) is 8.50. The SMILES string of the molecule is Cc1cc(-c2oc3cc(O)cc(O)c3c(=O)c2OC2OC(C(=O)O)C(O)C(O)C2O)ccc1O. The number of aliphatic carboxylic acids is 1. The molecule has 5 atom stereocenters. The Morgan fingerprint density at radius 2 is 1.68 bits per heavy atom. The summed E-state index contributed by atoms with van der Waals surface area (Å²) in [5.41, 5.74) is -0.599. The van der Waals surface area contributed by atoms with Gasteiger partial charge in [-0.05, 0) is 30.7 Å². The molecule has 0 spiro atoms. The number of aliphatic hydroxyl groups excluding tert-OH is 3. The van der Waals surface area contributed by atoms with Crippen molar-refractivity contribution in [3.63, 3.8) is 0 Å². The molecule has 3 aromatic rings. The number of aryl methyl sites for hydroxylation is 1. The molecular formula is C22H20O12. The number of rotatable bonds is 4. The predicted octanol–water partition coefficient (Wildman–Crippen LogP) is 0.156. The lowest BCUT2D eigenvalue weighted by Gasteiger charge is -2.38. The molecule has 5 unspecified atom stereocenters. The van der Waals surface area contributed by atoms with Crippen molar-refractivity contribution in [3.8, 4) is 34.3 Å². The molecule has 1 aromatic heterocycles. The number of carboxylic acid groups (broad SMARTS) is 1. The van der Waals surface area contributed by atoms with Crippen LogP contribution < -0.4 is 10.2 Å². The van der Waals surface area contributed by atoms with Crippen LogP contribution in [0.25, 0.3) is 22.3 Å². The Hall–Kier alpha value is -3.84. The first-order valence-corrected chi connectivity index (χ1v) is 9.91. The Labute approximate surface area is 190 Å². The molecule has 12 nitrogen and oxygen atoms in total. The summed E-state index contributed by atoms with van der Waals surface area (Å²) in [6.45, 7) is 1.57. The number of ether oxygens (including phenoxy) is 2. The van der Waals surface area contributed by atoms with Crippen LogP contribution in [-0.2, 0) is 9.53 Å². The van der Waals surface area contributed by atoms with E-state index in [-0.39, 0.29) is 22.7 Å². The van der Waals surface area contributed by atoms with Crippen molar-refractivity contribution in [2.24, 2.45) is 0 Å². The zero-order valence-electron chi connectivity index (χ0n) is 17.4. The van der Waals surface area contributed by atoms with E-state index in [0.717, 1.165) is 12.1 Å². The molecule has 34 heavy (non-hydrogen) atoms. The second-order valence-corrected chi connectivity index (χ2v) is 7.78. The summed E-state index contributed by atoms with van der Waals surface area (Å²) in [5.74, 6) is -3.66. The lowest BCUT2D eigenvalue weighted by atomic mass is 9.99. The minimum Gasteiger partial charge on any atom is -0.508 e. The van der Waals surface area contributed by atoms with Gasteiger partial charge in [-0.2, -0.15) is 0 Å². The first kappa shape index (κ1) is 23.3. The lowest BCUT2D eigenvalue weighted by Crippen LogP contribution is -2.61. The summed E-state index contributed by atoms with van der Waals surface area (Å²) in [5, 5.41) is 68.9. The fourth-order valence-corrected chi connectivity index (χ4v) is 3.63. The second-order valence-electron chi connectivity index (χ2n) is 7.78. The molecule has 4 rings (SSSR count). The molecule has 1 aliphatic rings. The van der Waals surface area contributed by atoms with Crippen LogP contribution in [0.5, 0.6) is 23.0 Å². The normalized spacial score (nSPS) is 24.8. The topological polar surface area (TPSA) is 207 Å². The molecule has 2 heterocycles. The van der Waals surface area contributed by atoms with Crippen molar-refractivity contribution in [2.75, 3.05) is 0 Å². The maximum Gasteiger partial charge on any atom is 0.335 e. The molecular weight excluding hydrogens is 456 g/mol. The Morgan fingerprint density at radius 3 is 2.32 bits per heavy atom. The van der Waals surface area contributed by atoms with Crippen LogP contribution in [0, 0.1) is 6.92 Å². The standard InChI is InChI=1S/C22H20O12/c1-7-4-8(2-3-10(7)24)18-19(14(26)13-11(25)5-9(23)6-12(13)32-18)33-22-17(29)15(27)16(28)20(34-22)21(30)31/h2-6,15-17,20,22-25,27-29H,1H3,(H,30,31). The first-order chi connectivity index (χ1) is 16.0. The van der Waals surface area contributed by atoms with Gasteiger partial charge < -0.3 is 49.6 Å². The van der Waals surface area contributed by atoms with Crippen LogP contribution in [0.2, 0.25) is 0 Å². The van der Waals surface area contributed by atoms with Gasteiger partial charge in [0.25, 0.3) is 0 Å². The number of hydrogen-bond acceptors (Lipinski definition) is 11. The minimum atomic E-state index is -1.99. The van der Waals surface area contributed by atoms with Gasteiger partial charge in [-0.3, -0.25) is 4.79 Å². The third-order valence-corrected chi connectivity index (χ3v) is 5.42. The fourth-order valence-electron chi connectivity index (χ4n) is 3.63. The van der Waals surface area contributed by atoms with Crippen LogP contribution in [0.4, 0.5) is 0 Å². The smallest absolute Gasteiger partial charge is 0.335 e. The third-order valence-electron chi connectivity index (χ3n) is 5.42. The average Bonchev–Trinajstić information content (AvgIpc) is 2.76. The molecule has 7 N–H and O–H groups in total. The van der Waals surface area contributed by atoms with Crippen LogP contribution in [-0.4, -0.2) is 72.4 Å². The third kappa shape index (κ3) is 3.88. The summed E-state index contributed by atoms with van der Waals surface area (Å²) in [7, 11) is 0. The molecule has 0 bridgehead atoms. The number of fused-ring (bicyclic) bond motifs is 1. The van der Waals surface area contributed by atoms with Gasteiger partial charge >= 0.3 is 5.97 Å². The van der Waals surface area contributed by atoms with Crippen molar-refractivity contribution in [1.29, 1.82) is 0 Å². The highest BCUT2D eigenvalue weighted by molar-refractivity contribution is 5.88. The van der Waals surface area contributed by atoms with Crippen LogP contribution in [0.1, 0.15) is 5.56 Å².